The second kappa shape index (κ2) is 7.72. The Kier molecular flexibility index (Phi) is 4.86. The molecule has 0 spiro atoms. The molecule has 2 aromatic carbocycles. The first-order chi connectivity index (χ1) is 15.4. The minimum atomic E-state index is -0.440. The molecule has 0 aliphatic rings. The fourth-order valence-corrected chi connectivity index (χ4v) is 4.04. The number of halogens is 2. The molecule has 0 unspecified atom stereocenters. The van der Waals surface area contributed by atoms with E-state index in [0.717, 1.165) is 20.3 Å². The van der Waals surface area contributed by atoms with Gasteiger partial charge in [0.1, 0.15) is 17.9 Å². The Morgan fingerprint density at radius 1 is 1.09 bits per heavy atom. The first kappa shape index (κ1) is 20.1. The largest absolute Gasteiger partial charge is 0.350 e. The standard InChI is InChI=1S/C22H16BrFN6O2/c1-13-2-7-17(16(23)10-13)25-20(31)12-30-22(32)28-8-9-29-19(21(28)27-30)11-18(26-29)14-3-5-15(24)6-4-14/h2-11H,12H2,1H3,(H,25,31). The highest BCUT2D eigenvalue weighted by atomic mass is 79.9. The minimum Gasteiger partial charge on any atom is -0.323 e. The maximum atomic E-state index is 13.2. The monoisotopic (exact) mass is 494 g/mol. The number of fused-ring (bicyclic) bond motifs is 3. The third-order valence-corrected chi connectivity index (χ3v) is 5.68. The predicted molar refractivity (Wildman–Crippen MR) is 121 cm³/mol. The van der Waals surface area contributed by atoms with Crippen molar-refractivity contribution in [1.29, 1.82) is 0 Å². The Bertz CT molecular complexity index is 1550. The number of nitrogens with zero attached hydrogens (tertiary/aromatic N) is 5. The van der Waals surface area contributed by atoms with Gasteiger partial charge >= 0.3 is 5.69 Å². The van der Waals surface area contributed by atoms with Crippen molar-refractivity contribution in [3.05, 3.63) is 87.3 Å². The number of hydrogen-bond donors (Lipinski definition) is 1. The summed E-state index contributed by atoms with van der Waals surface area (Å²) >= 11 is 3.42. The van der Waals surface area contributed by atoms with Gasteiger partial charge in [0.15, 0.2) is 5.65 Å². The van der Waals surface area contributed by atoms with Crippen LogP contribution in [0, 0.1) is 12.7 Å². The number of benzene rings is 2. The molecule has 3 aromatic heterocycles. The van der Waals surface area contributed by atoms with Crippen molar-refractivity contribution in [2.45, 2.75) is 13.5 Å². The first-order valence-electron chi connectivity index (χ1n) is 9.68. The Morgan fingerprint density at radius 2 is 1.88 bits per heavy atom. The quantitative estimate of drug-likeness (QED) is 0.413. The van der Waals surface area contributed by atoms with Gasteiger partial charge in [0.25, 0.3) is 0 Å². The van der Waals surface area contributed by atoms with Crippen molar-refractivity contribution < 1.29 is 9.18 Å². The van der Waals surface area contributed by atoms with Gasteiger partial charge in [0.2, 0.25) is 5.91 Å². The maximum Gasteiger partial charge on any atom is 0.350 e. The molecule has 0 aliphatic heterocycles. The molecular formula is C22H16BrFN6O2. The molecule has 32 heavy (non-hydrogen) atoms. The maximum absolute atomic E-state index is 13.2. The van der Waals surface area contributed by atoms with Gasteiger partial charge in [-0.15, -0.1) is 5.10 Å². The van der Waals surface area contributed by atoms with E-state index in [1.54, 1.807) is 41.2 Å². The summed E-state index contributed by atoms with van der Waals surface area (Å²) in [5.74, 6) is -0.710. The average Bonchev–Trinajstić information content (AvgIpc) is 3.32. The molecule has 0 radical (unpaired) electrons. The lowest BCUT2D eigenvalue weighted by Crippen LogP contribution is -2.28. The number of amides is 1. The zero-order valence-electron chi connectivity index (χ0n) is 16.8. The summed E-state index contributed by atoms with van der Waals surface area (Å²) in [5, 5.41) is 11.6. The lowest BCUT2D eigenvalue weighted by molar-refractivity contribution is -0.117. The summed E-state index contributed by atoms with van der Waals surface area (Å²) in [5.41, 5.74) is 3.52. The number of carbonyl (C=O) groups excluding carboxylic acids is 1. The van der Waals surface area contributed by atoms with Crippen LogP contribution in [0.1, 0.15) is 5.56 Å². The highest BCUT2D eigenvalue weighted by Crippen LogP contribution is 2.24. The van der Waals surface area contributed by atoms with Gasteiger partial charge in [-0.1, -0.05) is 6.07 Å². The Morgan fingerprint density at radius 3 is 2.62 bits per heavy atom. The second-order valence-corrected chi connectivity index (χ2v) is 8.18. The molecule has 0 aliphatic carbocycles. The van der Waals surface area contributed by atoms with Crippen molar-refractivity contribution in [2.75, 3.05) is 5.32 Å². The molecule has 1 N–H and O–H groups in total. The molecule has 0 saturated heterocycles. The van der Waals surface area contributed by atoms with Crippen LogP contribution in [-0.4, -0.2) is 29.7 Å². The van der Waals surface area contributed by atoms with Crippen LogP contribution in [0.25, 0.3) is 22.4 Å². The number of rotatable bonds is 4. The Balaban J connectivity index is 1.48. The zero-order chi connectivity index (χ0) is 22.4. The van der Waals surface area contributed by atoms with Crippen molar-refractivity contribution >= 4 is 38.7 Å². The predicted octanol–water partition coefficient (Wildman–Crippen LogP) is 3.66. The minimum absolute atomic E-state index is 0.244. The fourth-order valence-electron chi connectivity index (χ4n) is 3.45. The highest BCUT2D eigenvalue weighted by molar-refractivity contribution is 9.10. The van der Waals surface area contributed by atoms with Crippen LogP contribution in [0.2, 0.25) is 0 Å². The molecule has 0 atom stereocenters. The molecule has 5 rings (SSSR count). The number of nitrogens with one attached hydrogen (secondary N) is 1. The van der Waals surface area contributed by atoms with Crippen molar-refractivity contribution in [3.63, 3.8) is 0 Å². The van der Waals surface area contributed by atoms with E-state index in [2.05, 4.69) is 31.4 Å². The van der Waals surface area contributed by atoms with E-state index in [0.29, 0.717) is 22.5 Å². The molecule has 3 heterocycles. The summed E-state index contributed by atoms with van der Waals surface area (Å²) in [6, 6.07) is 13.3. The number of aromatic nitrogens is 5. The van der Waals surface area contributed by atoms with Crippen LogP contribution in [0.5, 0.6) is 0 Å². The van der Waals surface area contributed by atoms with Gasteiger partial charge in [-0.3, -0.25) is 4.79 Å². The number of anilines is 1. The first-order valence-corrected chi connectivity index (χ1v) is 10.5. The molecule has 0 bridgehead atoms. The summed E-state index contributed by atoms with van der Waals surface area (Å²) in [6.07, 6.45) is 3.18. The van der Waals surface area contributed by atoms with Crippen LogP contribution >= 0.6 is 15.9 Å². The number of aryl methyl sites for hydroxylation is 1. The van der Waals surface area contributed by atoms with E-state index < -0.39 is 5.69 Å². The summed E-state index contributed by atoms with van der Waals surface area (Å²) < 4.78 is 18.0. The van der Waals surface area contributed by atoms with Crippen molar-refractivity contribution in [2.24, 2.45) is 0 Å². The fraction of sp³-hybridized carbons (Fsp3) is 0.0909. The van der Waals surface area contributed by atoms with E-state index in [-0.39, 0.29) is 18.3 Å². The van der Waals surface area contributed by atoms with E-state index in [4.69, 9.17) is 0 Å². The third kappa shape index (κ3) is 3.58. The summed E-state index contributed by atoms with van der Waals surface area (Å²) in [7, 11) is 0. The Hall–Kier alpha value is -3.79. The molecular weight excluding hydrogens is 479 g/mol. The summed E-state index contributed by atoms with van der Waals surface area (Å²) in [4.78, 5) is 25.3. The van der Waals surface area contributed by atoms with E-state index in [1.165, 1.54) is 16.5 Å². The molecule has 1 amide bonds. The van der Waals surface area contributed by atoms with Crippen LogP contribution in [-0.2, 0) is 11.3 Å². The van der Waals surface area contributed by atoms with Crippen molar-refractivity contribution in [1.82, 2.24) is 23.8 Å². The molecule has 10 heteroatoms. The summed E-state index contributed by atoms with van der Waals surface area (Å²) in [6.45, 7) is 1.71. The van der Waals surface area contributed by atoms with Crippen LogP contribution in [0.4, 0.5) is 10.1 Å². The van der Waals surface area contributed by atoms with Crippen LogP contribution in [0.3, 0.4) is 0 Å². The van der Waals surface area contributed by atoms with Gasteiger partial charge in [0.05, 0.1) is 11.4 Å². The molecule has 8 nitrogen and oxygen atoms in total. The SMILES string of the molecule is Cc1ccc(NC(=O)Cn2nc3c4cc(-c5ccc(F)cc5)nn4ccn3c2=O)c(Br)c1. The van der Waals surface area contributed by atoms with Crippen molar-refractivity contribution in [3.8, 4) is 11.3 Å². The average molecular weight is 495 g/mol. The van der Waals surface area contributed by atoms with Gasteiger partial charge in [-0.25, -0.2) is 22.8 Å². The second-order valence-electron chi connectivity index (χ2n) is 7.33. The zero-order valence-corrected chi connectivity index (χ0v) is 18.4. The third-order valence-electron chi connectivity index (χ3n) is 5.02. The topological polar surface area (TPSA) is 85.7 Å². The van der Waals surface area contributed by atoms with Gasteiger partial charge in [0, 0.05) is 22.4 Å². The lowest BCUT2D eigenvalue weighted by atomic mass is 10.1. The van der Waals surface area contributed by atoms with Crippen LogP contribution in [0.15, 0.2) is 70.2 Å². The van der Waals surface area contributed by atoms with E-state index in [9.17, 15) is 14.0 Å². The molecule has 0 fully saturated rings. The molecule has 0 saturated carbocycles. The lowest BCUT2D eigenvalue weighted by Gasteiger charge is -2.07. The normalized spacial score (nSPS) is 11.3. The smallest absolute Gasteiger partial charge is 0.323 e. The van der Waals surface area contributed by atoms with Gasteiger partial charge < -0.3 is 5.32 Å². The molecule has 160 valence electrons. The van der Waals surface area contributed by atoms with Crippen LogP contribution < -0.4 is 11.0 Å². The van der Waals surface area contributed by atoms with E-state index in [1.807, 2.05) is 19.1 Å². The Labute approximate surface area is 189 Å². The van der Waals surface area contributed by atoms with Gasteiger partial charge in [-0.2, -0.15) is 5.10 Å². The molecule has 5 aromatic rings. The van der Waals surface area contributed by atoms with Gasteiger partial charge in [-0.05, 0) is 70.9 Å². The number of hydrogen-bond acceptors (Lipinski definition) is 4. The number of carbonyl (C=O) groups is 1. The highest BCUT2D eigenvalue weighted by Gasteiger charge is 2.16. The van der Waals surface area contributed by atoms with E-state index >= 15 is 0 Å².